The molecule has 1 fully saturated rings. The highest BCUT2D eigenvalue weighted by Crippen LogP contribution is 2.35. The zero-order chi connectivity index (χ0) is 14.5. The lowest BCUT2D eigenvalue weighted by atomic mass is 9.92. The molecule has 1 aliphatic rings. The summed E-state index contributed by atoms with van der Waals surface area (Å²) in [5, 5.41) is 15.0. The van der Waals surface area contributed by atoms with Gasteiger partial charge in [-0.2, -0.15) is 5.10 Å². The summed E-state index contributed by atoms with van der Waals surface area (Å²) in [4.78, 5) is 0. The van der Waals surface area contributed by atoms with Crippen LogP contribution < -0.4 is 4.74 Å². The van der Waals surface area contributed by atoms with Crippen molar-refractivity contribution in [3.8, 4) is 5.75 Å². The van der Waals surface area contributed by atoms with E-state index in [1.165, 1.54) is 38.5 Å². The minimum absolute atomic E-state index is 0.234. The number of aliphatic hydroxyl groups is 1. The van der Waals surface area contributed by atoms with Gasteiger partial charge in [-0.3, -0.25) is 4.68 Å². The van der Waals surface area contributed by atoms with Crippen molar-refractivity contribution >= 4 is 0 Å². The largest absolute Gasteiger partial charge is 0.493 e. The van der Waals surface area contributed by atoms with Crippen LogP contribution in [0.4, 0.5) is 0 Å². The molecule has 4 heteroatoms. The van der Waals surface area contributed by atoms with Crippen molar-refractivity contribution in [2.45, 2.75) is 70.9 Å². The van der Waals surface area contributed by atoms with Crippen molar-refractivity contribution in [2.24, 2.45) is 5.92 Å². The van der Waals surface area contributed by atoms with E-state index < -0.39 is 6.10 Å². The maximum atomic E-state index is 10.7. The Hall–Kier alpha value is -1.03. The van der Waals surface area contributed by atoms with Crippen LogP contribution in [0.5, 0.6) is 5.75 Å². The molecule has 1 heterocycles. The molecule has 1 aromatic rings. The number of hydrogen-bond acceptors (Lipinski definition) is 3. The molecular weight excluding hydrogens is 252 g/mol. The molecule has 1 aliphatic carbocycles. The third-order valence-electron chi connectivity index (χ3n) is 4.35. The Labute approximate surface area is 122 Å². The average Bonchev–Trinajstić information content (AvgIpc) is 2.70. The minimum atomic E-state index is -0.474. The molecule has 0 spiro atoms. The lowest BCUT2D eigenvalue weighted by Crippen LogP contribution is -2.15. The molecule has 1 unspecified atom stereocenters. The topological polar surface area (TPSA) is 47.3 Å². The average molecular weight is 280 g/mol. The van der Waals surface area contributed by atoms with E-state index in [-0.39, 0.29) is 6.04 Å². The first-order chi connectivity index (χ1) is 9.63. The molecule has 2 rings (SSSR count). The van der Waals surface area contributed by atoms with Crippen LogP contribution in [0.3, 0.4) is 0 Å². The fourth-order valence-electron chi connectivity index (χ4n) is 3.27. The fourth-order valence-corrected chi connectivity index (χ4v) is 3.27. The van der Waals surface area contributed by atoms with Gasteiger partial charge in [0.25, 0.3) is 0 Å². The molecule has 114 valence electrons. The van der Waals surface area contributed by atoms with Crippen molar-refractivity contribution in [1.82, 2.24) is 9.78 Å². The third-order valence-corrected chi connectivity index (χ3v) is 4.35. The van der Waals surface area contributed by atoms with Crippen molar-refractivity contribution in [1.29, 1.82) is 0 Å². The van der Waals surface area contributed by atoms with Crippen LogP contribution in [0, 0.1) is 5.92 Å². The first kappa shape index (κ1) is 15.4. The fraction of sp³-hybridized carbons (Fsp3) is 0.812. The molecule has 0 amide bonds. The quantitative estimate of drug-likeness (QED) is 0.833. The van der Waals surface area contributed by atoms with Gasteiger partial charge in [-0.1, -0.05) is 38.5 Å². The predicted octanol–water partition coefficient (Wildman–Crippen LogP) is 3.87. The zero-order valence-electron chi connectivity index (χ0n) is 13.0. The molecule has 1 N–H and O–H groups in total. The van der Waals surface area contributed by atoms with Gasteiger partial charge in [0.1, 0.15) is 5.69 Å². The third kappa shape index (κ3) is 3.54. The molecule has 0 aliphatic heterocycles. The van der Waals surface area contributed by atoms with Crippen LogP contribution >= 0.6 is 0 Å². The van der Waals surface area contributed by atoms with Gasteiger partial charge in [-0.15, -0.1) is 0 Å². The summed E-state index contributed by atoms with van der Waals surface area (Å²) < 4.78 is 7.26. The van der Waals surface area contributed by atoms with E-state index in [2.05, 4.69) is 18.9 Å². The summed E-state index contributed by atoms with van der Waals surface area (Å²) in [6, 6.07) is 0.234. The van der Waals surface area contributed by atoms with Gasteiger partial charge in [0.05, 0.1) is 19.4 Å². The van der Waals surface area contributed by atoms with Crippen LogP contribution in [0.15, 0.2) is 6.20 Å². The Kier molecular flexibility index (Phi) is 5.46. The normalized spacial score (nSPS) is 19.1. The Bertz CT molecular complexity index is 407. The highest BCUT2D eigenvalue weighted by Gasteiger charge is 2.24. The second kappa shape index (κ2) is 7.11. The number of aromatic nitrogens is 2. The minimum Gasteiger partial charge on any atom is -0.493 e. The Morgan fingerprint density at radius 1 is 1.30 bits per heavy atom. The maximum Gasteiger partial charge on any atom is 0.162 e. The summed E-state index contributed by atoms with van der Waals surface area (Å²) in [5.41, 5.74) is 0.840. The Morgan fingerprint density at radius 3 is 2.50 bits per heavy atom. The monoisotopic (exact) mass is 280 g/mol. The maximum absolute atomic E-state index is 10.7. The molecular formula is C16H28N2O2. The summed E-state index contributed by atoms with van der Waals surface area (Å²) in [6.07, 6.45) is 9.86. The molecule has 0 radical (unpaired) electrons. The number of rotatable bonds is 5. The van der Waals surface area contributed by atoms with E-state index in [0.29, 0.717) is 11.7 Å². The SMILES string of the molecule is COc1cnn(C(C)C)c1C(O)CC1CCCCCC1. The number of ether oxygens (including phenoxy) is 1. The lowest BCUT2D eigenvalue weighted by Gasteiger charge is -2.21. The first-order valence-electron chi connectivity index (χ1n) is 7.93. The lowest BCUT2D eigenvalue weighted by molar-refractivity contribution is 0.124. The van der Waals surface area contributed by atoms with Crippen molar-refractivity contribution in [2.75, 3.05) is 7.11 Å². The molecule has 1 atom stereocenters. The molecule has 20 heavy (non-hydrogen) atoms. The second-order valence-electron chi connectivity index (χ2n) is 6.25. The summed E-state index contributed by atoms with van der Waals surface area (Å²) in [5.74, 6) is 1.34. The highest BCUT2D eigenvalue weighted by molar-refractivity contribution is 5.27. The van der Waals surface area contributed by atoms with Gasteiger partial charge in [-0.05, 0) is 26.2 Å². The van der Waals surface area contributed by atoms with Gasteiger partial charge in [0.15, 0.2) is 5.75 Å². The van der Waals surface area contributed by atoms with E-state index in [1.807, 2.05) is 4.68 Å². The van der Waals surface area contributed by atoms with Crippen LogP contribution in [-0.2, 0) is 0 Å². The van der Waals surface area contributed by atoms with Gasteiger partial charge < -0.3 is 9.84 Å². The standard InChI is InChI=1S/C16H28N2O2/c1-12(2)18-16(15(20-3)11-17-18)14(19)10-13-8-6-4-5-7-9-13/h11-14,19H,4-10H2,1-3H3. The summed E-state index contributed by atoms with van der Waals surface area (Å²) in [6.45, 7) is 4.16. The second-order valence-corrected chi connectivity index (χ2v) is 6.25. The number of nitrogens with zero attached hydrogens (tertiary/aromatic N) is 2. The van der Waals surface area contributed by atoms with E-state index in [0.717, 1.165) is 12.1 Å². The summed E-state index contributed by atoms with van der Waals surface area (Å²) in [7, 11) is 1.64. The first-order valence-corrected chi connectivity index (χ1v) is 7.93. The van der Waals surface area contributed by atoms with Crippen molar-refractivity contribution < 1.29 is 9.84 Å². The van der Waals surface area contributed by atoms with Crippen LogP contribution in [0.2, 0.25) is 0 Å². The highest BCUT2D eigenvalue weighted by atomic mass is 16.5. The Morgan fingerprint density at radius 2 is 1.95 bits per heavy atom. The van der Waals surface area contributed by atoms with Crippen LogP contribution in [0.25, 0.3) is 0 Å². The molecule has 0 aromatic carbocycles. The van der Waals surface area contributed by atoms with Gasteiger partial charge >= 0.3 is 0 Å². The summed E-state index contributed by atoms with van der Waals surface area (Å²) >= 11 is 0. The van der Waals surface area contributed by atoms with Crippen LogP contribution in [0.1, 0.15) is 76.6 Å². The van der Waals surface area contributed by atoms with E-state index in [1.54, 1.807) is 13.3 Å². The molecule has 0 saturated heterocycles. The molecule has 4 nitrogen and oxygen atoms in total. The van der Waals surface area contributed by atoms with Crippen LogP contribution in [-0.4, -0.2) is 22.0 Å². The van der Waals surface area contributed by atoms with E-state index in [4.69, 9.17) is 4.74 Å². The van der Waals surface area contributed by atoms with E-state index in [9.17, 15) is 5.11 Å². The van der Waals surface area contributed by atoms with E-state index >= 15 is 0 Å². The molecule has 1 aromatic heterocycles. The Balaban J connectivity index is 2.10. The number of methoxy groups -OCH3 is 1. The molecule has 0 bridgehead atoms. The van der Waals surface area contributed by atoms with Gasteiger partial charge in [-0.25, -0.2) is 0 Å². The van der Waals surface area contributed by atoms with Crippen molar-refractivity contribution in [3.05, 3.63) is 11.9 Å². The smallest absolute Gasteiger partial charge is 0.162 e. The van der Waals surface area contributed by atoms with Gasteiger partial charge in [0.2, 0.25) is 0 Å². The predicted molar refractivity (Wildman–Crippen MR) is 79.9 cm³/mol. The zero-order valence-corrected chi connectivity index (χ0v) is 13.0. The van der Waals surface area contributed by atoms with Crippen molar-refractivity contribution in [3.63, 3.8) is 0 Å². The molecule has 1 saturated carbocycles. The van der Waals surface area contributed by atoms with Gasteiger partial charge in [0, 0.05) is 6.04 Å². The number of hydrogen-bond donors (Lipinski definition) is 1. The number of aliphatic hydroxyl groups excluding tert-OH is 1.